The summed E-state index contributed by atoms with van der Waals surface area (Å²) in [5.74, 6) is -12.7. The Balaban J connectivity index is 1.34. The number of hydrogen-bond donors (Lipinski definition) is 6. The van der Waals surface area contributed by atoms with Crippen LogP contribution >= 0.6 is 0 Å². The van der Waals surface area contributed by atoms with Gasteiger partial charge in [-0.25, -0.2) is 14.6 Å². The van der Waals surface area contributed by atoms with Gasteiger partial charge in [0.05, 0.1) is 29.9 Å². The van der Waals surface area contributed by atoms with Gasteiger partial charge in [-0.05, 0) is 83.1 Å². The van der Waals surface area contributed by atoms with Crippen molar-refractivity contribution in [2.75, 3.05) is 65.8 Å². The van der Waals surface area contributed by atoms with E-state index in [2.05, 4.69) is 21.3 Å². The highest BCUT2D eigenvalue weighted by molar-refractivity contribution is 6.11. The molecule has 7 rings (SSSR count). The molecular formula is C62H87N13O16. The molecule has 1 aliphatic carbocycles. The van der Waals surface area contributed by atoms with Crippen molar-refractivity contribution in [3.8, 4) is 11.5 Å². The number of cyclic esters (lactones) is 2. The second-order valence-electron chi connectivity index (χ2n) is 25.8. The standard InChI is InChI=1S/C62H87N13O16/c1-26(2)42-59(85)74-21-17-19-36(74)57(83)70(13)24-38(76)72(15)48(28(5)6)61(87)89-32(11)44(55(81)66-42)68-53(79)34-23-35(63)30(9)51-46(34)65-47-40(41(64)50(78)31(10)52(47)91-51)54(80)69-45-33(12)90-62(88)49(29(7)8)73(16)39(77)25-71(14)58(84)37-20-18-22-75(37)60(86)43(27(3)4)67-56(45)82/h23,26-29,32-33,36-37,42-45,48-49H,17-22,24-25,63-64H2,1-16H3,(H,66,81)(H,67,82)(H,68,79)(H,69,80)/t32-,33-,36+,37+,42+,43+,44?,45+,48+,49+/m1/s1. The third-order valence-corrected chi connectivity index (χ3v) is 17.7. The zero-order valence-electron chi connectivity index (χ0n) is 54.6. The number of carbonyl (C=O) groups excluding carboxylic acids is 12. The highest BCUT2D eigenvalue weighted by Crippen LogP contribution is 2.37. The fraction of sp³-hybridized carbons (Fsp3) is 0.613. The van der Waals surface area contributed by atoms with E-state index in [1.165, 1.54) is 81.6 Å². The third-order valence-electron chi connectivity index (χ3n) is 17.7. The Kier molecular flexibility index (Phi) is 21.1. The Morgan fingerprint density at radius 2 is 1.02 bits per heavy atom. The van der Waals surface area contributed by atoms with Crippen LogP contribution in [-0.4, -0.2) is 220 Å². The molecule has 0 aromatic heterocycles. The maximum Gasteiger partial charge on any atom is 0.329 e. The largest absolute Gasteiger partial charge is 0.458 e. The summed E-state index contributed by atoms with van der Waals surface area (Å²) in [6, 6.07) is -9.67. The lowest BCUT2D eigenvalue weighted by molar-refractivity contribution is -0.163. The molecule has 6 aliphatic rings. The number of nitrogens with zero attached hydrogens (tertiary/aromatic N) is 7. The second kappa shape index (κ2) is 27.7. The molecular weight excluding hydrogens is 1180 g/mol. The zero-order valence-corrected chi connectivity index (χ0v) is 54.6. The van der Waals surface area contributed by atoms with Gasteiger partial charge in [0.25, 0.3) is 11.8 Å². The normalized spacial score (nSPS) is 26.1. The Bertz CT molecular complexity index is 3470. The lowest BCUT2D eigenvalue weighted by atomic mass is 9.98. The first-order chi connectivity index (χ1) is 42.5. The minimum atomic E-state index is -1.90. The van der Waals surface area contributed by atoms with Crippen LogP contribution in [0.4, 0.5) is 11.4 Å². The lowest BCUT2D eigenvalue weighted by Gasteiger charge is -2.36. The van der Waals surface area contributed by atoms with Gasteiger partial charge in [0.1, 0.15) is 71.8 Å². The number of nitrogens with one attached hydrogen (secondary N) is 4. The van der Waals surface area contributed by atoms with Gasteiger partial charge < -0.3 is 76.0 Å². The number of nitrogen functional groups attached to an aromatic ring is 2. The molecule has 10 amide bonds. The van der Waals surface area contributed by atoms with E-state index in [0.29, 0.717) is 12.8 Å². The Hall–Kier alpha value is -8.92. The van der Waals surface area contributed by atoms with Crippen LogP contribution in [-0.2, 0) is 57.4 Å². The number of esters is 2. The maximum atomic E-state index is 15.2. The van der Waals surface area contributed by atoms with Crippen molar-refractivity contribution in [3.63, 3.8) is 0 Å². The quantitative estimate of drug-likeness (QED) is 0.100. The SMILES string of the molecule is Cc1c2oc3c(C)c(N)cc(C(=O)NC4C(=O)N[C@@H](C(C)C)C(=O)N5CCC[C@H]5C(=O)N(C)CC(=O)N(C)[C@@H](C(C)C)C(=O)O[C@@H]4C)c3nc-2c(C(=O)N[C@@H]2C(=O)N[C@@H](C(C)C)C(=O)N3CCC[C@H]3C(=O)N(C)CC(=O)N(C)[C@@H](C(C)C)C(=O)O[C@@H]2C)c(N)c1=O. The first kappa shape index (κ1) is 69.6. The fourth-order valence-electron chi connectivity index (χ4n) is 12.4. The van der Waals surface area contributed by atoms with E-state index in [-0.39, 0.29) is 59.6 Å². The van der Waals surface area contributed by atoms with Crippen LogP contribution in [0.15, 0.2) is 15.3 Å². The van der Waals surface area contributed by atoms with E-state index in [1.54, 1.807) is 55.4 Å². The highest BCUT2D eigenvalue weighted by atomic mass is 16.6. The average molecular weight is 1270 g/mol. The van der Waals surface area contributed by atoms with Gasteiger partial charge in [-0.15, -0.1) is 0 Å². The highest BCUT2D eigenvalue weighted by Gasteiger charge is 2.47. The van der Waals surface area contributed by atoms with Crippen molar-refractivity contribution < 1.29 is 71.4 Å². The van der Waals surface area contributed by atoms with Crippen LogP contribution in [0.5, 0.6) is 0 Å². The number of amides is 10. The van der Waals surface area contributed by atoms with Crippen molar-refractivity contribution in [2.45, 2.75) is 169 Å². The molecule has 0 spiro atoms. The number of fused-ring (bicyclic) bond motifs is 4. The Morgan fingerprint density at radius 3 is 1.43 bits per heavy atom. The summed E-state index contributed by atoms with van der Waals surface area (Å²) in [5, 5.41) is 10.6. The van der Waals surface area contributed by atoms with E-state index in [4.69, 9.17) is 30.3 Å². The molecule has 4 fully saturated rings. The van der Waals surface area contributed by atoms with Gasteiger partial charge in [0.2, 0.25) is 52.7 Å². The smallest absolute Gasteiger partial charge is 0.329 e. The topological polar surface area (TPSA) is 386 Å². The summed E-state index contributed by atoms with van der Waals surface area (Å²) in [6.45, 7) is 18.1. The molecule has 5 aliphatic heterocycles. The molecule has 1 aromatic rings. The van der Waals surface area contributed by atoms with Crippen molar-refractivity contribution in [2.24, 2.45) is 23.7 Å². The molecule has 91 heavy (non-hydrogen) atoms. The molecule has 1 aromatic carbocycles. The van der Waals surface area contributed by atoms with Crippen LogP contribution in [0, 0.1) is 37.5 Å². The van der Waals surface area contributed by atoms with Gasteiger partial charge in [-0.1, -0.05) is 55.4 Å². The molecule has 29 heteroatoms. The Morgan fingerprint density at radius 1 is 0.604 bits per heavy atom. The average Bonchev–Trinajstić information content (AvgIpc) is 1.33. The molecule has 4 saturated heterocycles. The van der Waals surface area contributed by atoms with Gasteiger partial charge >= 0.3 is 11.9 Å². The number of aromatic nitrogens is 1. The molecule has 496 valence electrons. The summed E-state index contributed by atoms with van der Waals surface area (Å²) in [4.78, 5) is 200. The van der Waals surface area contributed by atoms with E-state index >= 15 is 9.59 Å². The maximum absolute atomic E-state index is 15.2. The number of carbonyl (C=O) groups is 12. The summed E-state index contributed by atoms with van der Waals surface area (Å²) < 4.78 is 18.3. The van der Waals surface area contributed by atoms with Crippen LogP contribution in [0.1, 0.15) is 127 Å². The number of nitrogens with two attached hydrogens (primary N) is 2. The van der Waals surface area contributed by atoms with E-state index in [1.807, 2.05) is 0 Å². The van der Waals surface area contributed by atoms with Gasteiger partial charge in [-0.2, -0.15) is 0 Å². The molecule has 0 saturated carbocycles. The summed E-state index contributed by atoms with van der Waals surface area (Å²) >= 11 is 0. The summed E-state index contributed by atoms with van der Waals surface area (Å²) in [5.41, 5.74) is 9.45. The van der Waals surface area contributed by atoms with Gasteiger partial charge in [0, 0.05) is 58.1 Å². The molecule has 10 atom stereocenters. The minimum Gasteiger partial charge on any atom is -0.458 e. The molecule has 0 radical (unpaired) electrons. The lowest BCUT2D eigenvalue weighted by Crippen LogP contribution is -2.61. The molecule has 1 unspecified atom stereocenters. The van der Waals surface area contributed by atoms with Crippen LogP contribution in [0.3, 0.4) is 0 Å². The minimum absolute atomic E-state index is 0.0571. The number of hydrogen-bond acceptors (Lipinski definition) is 19. The first-order valence-electron chi connectivity index (χ1n) is 30.7. The zero-order chi connectivity index (χ0) is 67.8. The van der Waals surface area contributed by atoms with Gasteiger partial charge in [0.15, 0.2) is 11.3 Å². The van der Waals surface area contributed by atoms with Crippen LogP contribution in [0.25, 0.3) is 22.6 Å². The molecule has 0 bridgehead atoms. The molecule has 29 nitrogen and oxygen atoms in total. The monoisotopic (exact) mass is 1270 g/mol. The Labute approximate surface area is 527 Å². The van der Waals surface area contributed by atoms with Gasteiger partial charge in [-0.3, -0.25) is 52.7 Å². The molecule has 5 heterocycles. The number of aryl methyl sites for hydroxylation is 1. The van der Waals surface area contributed by atoms with E-state index in [0.717, 1.165) is 9.80 Å². The number of rotatable bonds is 8. The first-order valence-corrected chi connectivity index (χ1v) is 30.7. The molecule has 8 N–H and O–H groups in total. The predicted molar refractivity (Wildman–Crippen MR) is 330 cm³/mol. The number of anilines is 2. The van der Waals surface area contributed by atoms with Crippen molar-refractivity contribution >= 4 is 93.5 Å². The fourth-order valence-corrected chi connectivity index (χ4v) is 12.4. The van der Waals surface area contributed by atoms with Crippen molar-refractivity contribution in [1.82, 2.24) is 55.7 Å². The third kappa shape index (κ3) is 13.9. The summed E-state index contributed by atoms with van der Waals surface area (Å²) in [7, 11) is 5.56. The van der Waals surface area contributed by atoms with E-state index in [9.17, 15) is 52.7 Å². The predicted octanol–water partition coefficient (Wildman–Crippen LogP) is 0.308. The summed E-state index contributed by atoms with van der Waals surface area (Å²) in [6.07, 6.45) is -1.74. The second-order valence-corrected chi connectivity index (χ2v) is 25.8. The number of ether oxygens (including phenoxy) is 2. The van der Waals surface area contributed by atoms with Crippen LogP contribution in [0.2, 0.25) is 0 Å². The number of benzene rings is 2. The van der Waals surface area contributed by atoms with Crippen LogP contribution < -0.4 is 38.2 Å². The van der Waals surface area contributed by atoms with Crippen molar-refractivity contribution in [3.05, 3.63) is 38.5 Å². The van der Waals surface area contributed by atoms with Crippen molar-refractivity contribution in [1.29, 1.82) is 0 Å². The van der Waals surface area contributed by atoms with E-state index < -0.39 is 196 Å². The number of likely N-dealkylation sites (N-methyl/N-ethyl adjacent to an activating group) is 4.